The van der Waals surface area contributed by atoms with Crippen molar-refractivity contribution in [1.29, 1.82) is 0 Å². The SMILES string of the molecule is CC1(C)/C=C\n2c(=O)c3n(c(=O)/c2=C/c2c1[nH]c1ccccc21)[C@]12[C@H](CO)C(C)(C)N1c1ccccc1[C@]2(O)C=3. The second-order valence-electron chi connectivity index (χ2n) is 12.6. The molecule has 8 heteroatoms. The van der Waals surface area contributed by atoms with Crippen LogP contribution in [0.1, 0.15) is 44.5 Å². The summed E-state index contributed by atoms with van der Waals surface area (Å²) in [5, 5.41) is 24.5. The number of aliphatic hydroxyl groups is 2. The fraction of sp³-hybridized carbons (Fsp3) is 0.312. The highest BCUT2D eigenvalue weighted by atomic mass is 16.3. The van der Waals surface area contributed by atoms with Crippen LogP contribution in [0.15, 0.2) is 64.2 Å². The van der Waals surface area contributed by atoms with Crippen LogP contribution >= 0.6 is 0 Å². The molecule has 202 valence electrons. The lowest BCUT2D eigenvalue weighted by Gasteiger charge is -2.68. The third kappa shape index (κ3) is 2.31. The number of nitrogens with zero attached hydrogens (tertiary/aromatic N) is 3. The summed E-state index contributed by atoms with van der Waals surface area (Å²) in [6.45, 7) is 7.87. The molecule has 3 N–H and O–H groups in total. The molecular formula is C32H30N4O4. The zero-order valence-corrected chi connectivity index (χ0v) is 22.8. The van der Waals surface area contributed by atoms with Gasteiger partial charge in [0.25, 0.3) is 11.1 Å². The zero-order valence-electron chi connectivity index (χ0n) is 22.8. The van der Waals surface area contributed by atoms with Crippen LogP contribution in [0.5, 0.6) is 0 Å². The van der Waals surface area contributed by atoms with Gasteiger partial charge >= 0.3 is 0 Å². The minimum absolute atomic E-state index is 0.125. The molecule has 0 aliphatic carbocycles. The fourth-order valence-electron chi connectivity index (χ4n) is 8.16. The molecule has 0 saturated carbocycles. The first kappa shape index (κ1) is 23.7. The van der Waals surface area contributed by atoms with Gasteiger partial charge < -0.3 is 20.1 Å². The quantitative estimate of drug-likeness (QED) is 0.345. The number of nitrogens with one attached hydrogen (secondary N) is 1. The number of benzene rings is 2. The van der Waals surface area contributed by atoms with Gasteiger partial charge in [-0.2, -0.15) is 0 Å². The summed E-state index contributed by atoms with van der Waals surface area (Å²) in [4.78, 5) is 34.6. The van der Waals surface area contributed by atoms with E-state index in [4.69, 9.17) is 0 Å². The molecule has 2 aromatic heterocycles. The number of aromatic nitrogens is 3. The molecule has 1 fully saturated rings. The molecule has 8 rings (SSSR count). The summed E-state index contributed by atoms with van der Waals surface area (Å²) in [5.41, 5.74) is -0.696. The van der Waals surface area contributed by atoms with Gasteiger partial charge in [0.05, 0.1) is 12.5 Å². The molecule has 4 aromatic rings. The molecule has 0 radical (unpaired) electrons. The van der Waals surface area contributed by atoms with Gasteiger partial charge in [-0.1, -0.05) is 56.3 Å². The Morgan fingerprint density at radius 1 is 0.950 bits per heavy atom. The Morgan fingerprint density at radius 3 is 2.45 bits per heavy atom. The van der Waals surface area contributed by atoms with Crippen molar-refractivity contribution in [3.63, 3.8) is 0 Å². The number of allylic oxidation sites excluding steroid dienone is 1. The van der Waals surface area contributed by atoms with E-state index in [9.17, 15) is 19.8 Å². The van der Waals surface area contributed by atoms with Crippen molar-refractivity contribution in [2.75, 3.05) is 11.5 Å². The van der Waals surface area contributed by atoms with E-state index in [-0.39, 0.29) is 17.3 Å². The van der Waals surface area contributed by atoms with E-state index >= 15 is 0 Å². The summed E-state index contributed by atoms with van der Waals surface area (Å²) in [7, 11) is 0. The number of hydrogen-bond acceptors (Lipinski definition) is 5. The van der Waals surface area contributed by atoms with Crippen molar-refractivity contribution in [3.8, 4) is 0 Å². The van der Waals surface area contributed by atoms with E-state index in [0.717, 1.165) is 27.8 Å². The second kappa shape index (κ2) is 6.95. The molecule has 0 unspecified atom stereocenters. The van der Waals surface area contributed by atoms with Gasteiger partial charge in [0, 0.05) is 50.6 Å². The fourth-order valence-corrected chi connectivity index (χ4v) is 8.16. The molecule has 4 aliphatic rings. The number of fused-ring (bicyclic) bond motifs is 8. The first-order valence-electron chi connectivity index (χ1n) is 13.7. The lowest BCUT2D eigenvalue weighted by Crippen LogP contribution is -2.84. The van der Waals surface area contributed by atoms with Crippen LogP contribution in [0.2, 0.25) is 0 Å². The minimum Gasteiger partial charge on any atom is -0.396 e. The summed E-state index contributed by atoms with van der Waals surface area (Å²) < 4.78 is 2.88. The Labute approximate surface area is 229 Å². The van der Waals surface area contributed by atoms with Gasteiger partial charge in [-0.25, -0.2) is 0 Å². The van der Waals surface area contributed by atoms with Gasteiger partial charge in [0.1, 0.15) is 10.7 Å². The van der Waals surface area contributed by atoms with E-state index in [0.29, 0.717) is 5.56 Å². The molecule has 6 heterocycles. The monoisotopic (exact) mass is 534 g/mol. The van der Waals surface area contributed by atoms with Crippen molar-refractivity contribution in [2.45, 2.75) is 49.9 Å². The van der Waals surface area contributed by atoms with Crippen LogP contribution < -0.4 is 26.7 Å². The topological polar surface area (TPSA) is 103 Å². The highest BCUT2D eigenvalue weighted by Crippen LogP contribution is 2.69. The molecule has 40 heavy (non-hydrogen) atoms. The Kier molecular flexibility index (Phi) is 4.12. The van der Waals surface area contributed by atoms with E-state index in [1.807, 2.05) is 73.4 Å². The van der Waals surface area contributed by atoms with Crippen molar-refractivity contribution < 1.29 is 10.2 Å². The molecule has 0 amide bonds. The summed E-state index contributed by atoms with van der Waals surface area (Å²) in [6.07, 6.45) is 6.95. The number of H-pyrrole nitrogens is 1. The zero-order chi connectivity index (χ0) is 28.0. The number of para-hydroxylation sites is 2. The summed E-state index contributed by atoms with van der Waals surface area (Å²) in [6, 6.07) is 15.4. The van der Waals surface area contributed by atoms with E-state index in [1.54, 1.807) is 12.3 Å². The Balaban J connectivity index is 1.54. The van der Waals surface area contributed by atoms with E-state index < -0.39 is 39.3 Å². The van der Waals surface area contributed by atoms with Gasteiger partial charge in [0.15, 0.2) is 11.3 Å². The predicted molar refractivity (Wildman–Crippen MR) is 154 cm³/mol. The maximum Gasteiger partial charge on any atom is 0.279 e. The molecule has 4 aliphatic heterocycles. The molecule has 1 saturated heterocycles. The Morgan fingerprint density at radius 2 is 1.68 bits per heavy atom. The maximum absolute atomic E-state index is 14.7. The van der Waals surface area contributed by atoms with Crippen molar-refractivity contribution in [3.05, 3.63) is 103 Å². The van der Waals surface area contributed by atoms with Crippen LogP contribution in [0.25, 0.3) is 29.3 Å². The number of aromatic amines is 1. The minimum atomic E-state index is -1.68. The standard InChI is InChI=1S/C32H30N4O4/c1-29(2)13-14-34-23(15-19-18-9-5-7-11-21(18)33-26(19)29)28(39)35-24(27(34)38)16-31(40)20-10-6-8-12-22(20)36-30(3,4)25(17-37)32(31,35)36/h5-16,25,33,37,40H,17H2,1-4H3/b14-13-,23-15-/t25-,31-,32-/m1/s1. The number of rotatable bonds is 1. The average molecular weight is 535 g/mol. The molecule has 0 bridgehead atoms. The van der Waals surface area contributed by atoms with Gasteiger partial charge in [-0.15, -0.1) is 0 Å². The van der Waals surface area contributed by atoms with Crippen molar-refractivity contribution in [2.24, 2.45) is 5.92 Å². The summed E-state index contributed by atoms with van der Waals surface area (Å²) in [5.74, 6) is -0.526. The second-order valence-corrected chi connectivity index (χ2v) is 12.6. The van der Waals surface area contributed by atoms with Crippen LogP contribution in [-0.2, 0) is 16.7 Å². The predicted octanol–water partition coefficient (Wildman–Crippen LogP) is 1.64. The number of hydrogen-bond donors (Lipinski definition) is 3. The third-order valence-electron chi connectivity index (χ3n) is 9.91. The average Bonchev–Trinajstić information content (AvgIpc) is 3.48. The highest BCUT2D eigenvalue weighted by molar-refractivity contribution is 5.91. The normalized spacial score (nSPS) is 29.3. The first-order chi connectivity index (χ1) is 19.0. The van der Waals surface area contributed by atoms with E-state index in [2.05, 4.69) is 18.8 Å². The largest absolute Gasteiger partial charge is 0.396 e. The Bertz CT molecular complexity index is 2100. The highest BCUT2D eigenvalue weighted by Gasteiger charge is 2.80. The smallest absolute Gasteiger partial charge is 0.279 e. The van der Waals surface area contributed by atoms with Gasteiger partial charge in [-0.05, 0) is 38.1 Å². The van der Waals surface area contributed by atoms with Crippen LogP contribution in [0, 0.1) is 5.92 Å². The number of anilines is 1. The first-order valence-corrected chi connectivity index (χ1v) is 13.7. The van der Waals surface area contributed by atoms with Gasteiger partial charge in [0.2, 0.25) is 0 Å². The van der Waals surface area contributed by atoms with Crippen molar-refractivity contribution in [1.82, 2.24) is 14.1 Å². The lowest BCUT2D eigenvalue weighted by atomic mass is 9.61. The third-order valence-corrected chi connectivity index (χ3v) is 9.91. The van der Waals surface area contributed by atoms with Crippen LogP contribution in [0.3, 0.4) is 0 Å². The molecule has 8 nitrogen and oxygen atoms in total. The van der Waals surface area contributed by atoms with Crippen LogP contribution in [0.4, 0.5) is 5.69 Å². The maximum atomic E-state index is 14.7. The number of aliphatic hydroxyl groups excluding tert-OH is 1. The van der Waals surface area contributed by atoms with E-state index in [1.165, 1.54) is 15.2 Å². The van der Waals surface area contributed by atoms with Crippen molar-refractivity contribution >= 4 is 34.9 Å². The van der Waals surface area contributed by atoms with Gasteiger partial charge in [-0.3, -0.25) is 18.7 Å². The van der Waals surface area contributed by atoms with Crippen LogP contribution in [-0.4, -0.2) is 36.5 Å². The lowest BCUT2D eigenvalue weighted by molar-refractivity contribution is -0.148. The molecule has 1 spiro atoms. The Hall–Kier alpha value is -4.14. The summed E-state index contributed by atoms with van der Waals surface area (Å²) >= 11 is 0. The molecule has 3 atom stereocenters. The molecule has 2 aromatic carbocycles. The molecular weight excluding hydrogens is 504 g/mol.